The molecule has 1 N–H and O–H groups in total. The molecule has 2 fully saturated rings. The third kappa shape index (κ3) is 2.72. The van der Waals surface area contributed by atoms with Crippen LogP contribution < -0.4 is 5.32 Å². The van der Waals surface area contributed by atoms with Crippen LogP contribution in [0.4, 0.5) is 0 Å². The molecule has 0 aromatic carbocycles. The third-order valence-corrected chi connectivity index (χ3v) is 3.88. The van der Waals surface area contributed by atoms with Gasteiger partial charge in [0.25, 0.3) is 0 Å². The molecule has 2 rings (SSSR count). The van der Waals surface area contributed by atoms with Crippen LogP contribution in [0, 0.1) is 22.7 Å². The van der Waals surface area contributed by atoms with Crippen molar-refractivity contribution < 1.29 is 0 Å². The minimum Gasteiger partial charge on any atom is -0.299 e. The zero-order valence-electron chi connectivity index (χ0n) is 9.97. The van der Waals surface area contributed by atoms with Gasteiger partial charge in [-0.2, -0.15) is 5.26 Å². The molecule has 0 radical (unpaired) electrons. The Bertz CT molecular complexity index is 273. The van der Waals surface area contributed by atoms with Crippen LogP contribution in [0.3, 0.4) is 0 Å². The van der Waals surface area contributed by atoms with E-state index >= 15 is 0 Å². The maximum atomic E-state index is 9.39. The van der Waals surface area contributed by atoms with E-state index in [1.165, 1.54) is 25.7 Å². The van der Waals surface area contributed by atoms with Crippen LogP contribution in [0.15, 0.2) is 0 Å². The van der Waals surface area contributed by atoms with Gasteiger partial charge >= 0.3 is 0 Å². The molecule has 0 spiro atoms. The van der Waals surface area contributed by atoms with Gasteiger partial charge in [0.15, 0.2) is 0 Å². The monoisotopic (exact) mass is 206 g/mol. The highest BCUT2D eigenvalue weighted by Crippen LogP contribution is 2.41. The standard InChI is InChI=1S/C13H22N2/c1-12(2)6-3-7-13(9-12,10-14)15-8-11-4-5-11/h11,15H,3-9H2,1-2H3. The molecule has 2 nitrogen and oxygen atoms in total. The second kappa shape index (κ2) is 3.79. The molecule has 2 heteroatoms. The highest BCUT2D eigenvalue weighted by Gasteiger charge is 2.40. The van der Waals surface area contributed by atoms with Crippen LogP contribution in [0.5, 0.6) is 0 Å². The van der Waals surface area contributed by atoms with E-state index < -0.39 is 0 Å². The molecule has 0 heterocycles. The van der Waals surface area contributed by atoms with E-state index in [1.807, 2.05) is 0 Å². The summed E-state index contributed by atoms with van der Waals surface area (Å²) >= 11 is 0. The second-order valence-electron chi connectivity index (χ2n) is 6.21. The molecule has 15 heavy (non-hydrogen) atoms. The first-order valence-corrected chi connectivity index (χ1v) is 6.22. The minimum absolute atomic E-state index is 0.218. The molecule has 0 bridgehead atoms. The Labute approximate surface area is 93.0 Å². The summed E-state index contributed by atoms with van der Waals surface area (Å²) in [7, 11) is 0. The van der Waals surface area contributed by atoms with Gasteiger partial charge in [-0.3, -0.25) is 5.32 Å². The molecular formula is C13H22N2. The molecule has 0 aromatic rings. The smallest absolute Gasteiger partial charge is 0.107 e. The summed E-state index contributed by atoms with van der Waals surface area (Å²) in [5, 5.41) is 12.9. The molecule has 1 unspecified atom stereocenters. The summed E-state index contributed by atoms with van der Waals surface area (Å²) in [5.74, 6) is 0.861. The fraction of sp³-hybridized carbons (Fsp3) is 0.923. The lowest BCUT2D eigenvalue weighted by molar-refractivity contribution is 0.157. The average molecular weight is 206 g/mol. The average Bonchev–Trinajstić information content (AvgIpc) is 2.97. The summed E-state index contributed by atoms with van der Waals surface area (Å²) < 4.78 is 0. The van der Waals surface area contributed by atoms with E-state index in [9.17, 15) is 5.26 Å². The Morgan fingerprint density at radius 3 is 2.60 bits per heavy atom. The van der Waals surface area contributed by atoms with Crippen LogP contribution >= 0.6 is 0 Å². The molecule has 0 amide bonds. The van der Waals surface area contributed by atoms with Crippen LogP contribution in [0.1, 0.15) is 52.4 Å². The molecule has 0 aromatic heterocycles. The van der Waals surface area contributed by atoms with Crippen molar-refractivity contribution in [3.05, 3.63) is 0 Å². The van der Waals surface area contributed by atoms with Crippen molar-refractivity contribution in [2.24, 2.45) is 11.3 Å². The van der Waals surface area contributed by atoms with Gasteiger partial charge in [-0.25, -0.2) is 0 Å². The number of rotatable bonds is 3. The molecule has 1 atom stereocenters. The third-order valence-electron chi connectivity index (χ3n) is 3.88. The Kier molecular flexibility index (Phi) is 2.77. The van der Waals surface area contributed by atoms with Gasteiger partial charge < -0.3 is 0 Å². The first kappa shape index (κ1) is 11.0. The Morgan fingerprint density at radius 2 is 2.07 bits per heavy atom. The van der Waals surface area contributed by atoms with Gasteiger partial charge in [0.1, 0.15) is 5.54 Å². The van der Waals surface area contributed by atoms with E-state index in [2.05, 4.69) is 25.2 Å². The SMILES string of the molecule is CC1(C)CCCC(C#N)(NCC2CC2)C1. The van der Waals surface area contributed by atoms with Gasteiger partial charge in [0.05, 0.1) is 6.07 Å². The Hall–Kier alpha value is -0.550. The summed E-state index contributed by atoms with van der Waals surface area (Å²) in [6.07, 6.45) is 7.23. The fourth-order valence-corrected chi connectivity index (χ4v) is 2.81. The Balaban J connectivity index is 1.96. The van der Waals surface area contributed by atoms with E-state index in [0.29, 0.717) is 5.41 Å². The second-order valence-corrected chi connectivity index (χ2v) is 6.21. The summed E-state index contributed by atoms with van der Waals surface area (Å²) in [5.41, 5.74) is 0.120. The summed E-state index contributed by atoms with van der Waals surface area (Å²) in [4.78, 5) is 0. The van der Waals surface area contributed by atoms with Gasteiger partial charge in [-0.15, -0.1) is 0 Å². The van der Waals surface area contributed by atoms with Crippen molar-refractivity contribution in [2.75, 3.05) is 6.54 Å². The lowest BCUT2D eigenvalue weighted by Crippen LogP contribution is -2.50. The van der Waals surface area contributed by atoms with Crippen molar-refractivity contribution in [1.29, 1.82) is 5.26 Å². The predicted molar refractivity (Wildman–Crippen MR) is 61.3 cm³/mol. The molecule has 2 aliphatic carbocycles. The van der Waals surface area contributed by atoms with Crippen molar-refractivity contribution in [1.82, 2.24) is 5.32 Å². The van der Waals surface area contributed by atoms with Gasteiger partial charge in [-0.05, 0) is 50.0 Å². The lowest BCUT2D eigenvalue weighted by Gasteiger charge is -2.41. The molecule has 2 aliphatic rings. The lowest BCUT2D eigenvalue weighted by atomic mass is 9.68. The van der Waals surface area contributed by atoms with Crippen molar-refractivity contribution in [2.45, 2.75) is 57.9 Å². The summed E-state index contributed by atoms with van der Waals surface area (Å²) in [6, 6.07) is 2.55. The topological polar surface area (TPSA) is 35.8 Å². The van der Waals surface area contributed by atoms with Crippen LogP contribution in [0.25, 0.3) is 0 Å². The number of nitrogens with zero attached hydrogens (tertiary/aromatic N) is 1. The van der Waals surface area contributed by atoms with E-state index in [1.54, 1.807) is 0 Å². The number of hydrogen-bond donors (Lipinski definition) is 1. The molecule has 0 aliphatic heterocycles. The highest BCUT2D eigenvalue weighted by atomic mass is 15.0. The van der Waals surface area contributed by atoms with Crippen molar-refractivity contribution in [3.8, 4) is 6.07 Å². The van der Waals surface area contributed by atoms with Gasteiger partial charge in [0, 0.05) is 0 Å². The largest absolute Gasteiger partial charge is 0.299 e. The van der Waals surface area contributed by atoms with Crippen molar-refractivity contribution in [3.63, 3.8) is 0 Å². The van der Waals surface area contributed by atoms with Gasteiger partial charge in [0.2, 0.25) is 0 Å². The van der Waals surface area contributed by atoms with E-state index in [-0.39, 0.29) is 5.54 Å². The highest BCUT2D eigenvalue weighted by molar-refractivity contribution is 5.11. The normalized spacial score (nSPS) is 34.7. The minimum atomic E-state index is -0.218. The fourth-order valence-electron chi connectivity index (χ4n) is 2.81. The van der Waals surface area contributed by atoms with E-state index in [0.717, 1.165) is 25.3 Å². The molecule has 0 saturated heterocycles. The Morgan fingerprint density at radius 1 is 1.33 bits per heavy atom. The maximum Gasteiger partial charge on any atom is 0.107 e. The first-order chi connectivity index (χ1) is 7.05. The quantitative estimate of drug-likeness (QED) is 0.770. The van der Waals surface area contributed by atoms with Crippen LogP contribution in [-0.4, -0.2) is 12.1 Å². The zero-order chi connectivity index (χ0) is 10.9. The number of nitrogens with one attached hydrogen (secondary N) is 1. The molecular weight excluding hydrogens is 184 g/mol. The number of nitriles is 1. The molecule has 84 valence electrons. The van der Waals surface area contributed by atoms with Gasteiger partial charge in [-0.1, -0.05) is 20.3 Å². The first-order valence-electron chi connectivity index (χ1n) is 6.22. The van der Waals surface area contributed by atoms with Crippen LogP contribution in [0.2, 0.25) is 0 Å². The molecule has 2 saturated carbocycles. The zero-order valence-corrected chi connectivity index (χ0v) is 9.97. The van der Waals surface area contributed by atoms with Crippen LogP contribution in [-0.2, 0) is 0 Å². The maximum absolute atomic E-state index is 9.39. The summed E-state index contributed by atoms with van der Waals surface area (Å²) in [6.45, 7) is 5.64. The number of hydrogen-bond acceptors (Lipinski definition) is 2. The van der Waals surface area contributed by atoms with E-state index in [4.69, 9.17) is 0 Å². The predicted octanol–water partition coefficient (Wildman–Crippen LogP) is 2.85. The van der Waals surface area contributed by atoms with Crippen molar-refractivity contribution >= 4 is 0 Å².